The zero-order chi connectivity index (χ0) is 25.4. The lowest BCUT2D eigenvalue weighted by Crippen LogP contribution is -2.53. The number of ether oxygens (including phenoxy) is 1. The molecule has 0 aliphatic carbocycles. The summed E-state index contributed by atoms with van der Waals surface area (Å²) in [6, 6.07) is 9.00. The molecular formula is C27H29F2N5O2. The van der Waals surface area contributed by atoms with Crippen molar-refractivity contribution in [3.63, 3.8) is 0 Å². The van der Waals surface area contributed by atoms with Crippen LogP contribution < -0.4 is 15.0 Å². The number of imidazole rings is 1. The molecule has 0 unspecified atom stereocenters. The lowest BCUT2D eigenvalue weighted by atomic mass is 9.95. The first-order chi connectivity index (χ1) is 17.4. The summed E-state index contributed by atoms with van der Waals surface area (Å²) in [6.07, 6.45) is 1.73. The summed E-state index contributed by atoms with van der Waals surface area (Å²) in [7, 11) is 1.61. The molecule has 3 heterocycles. The van der Waals surface area contributed by atoms with Crippen LogP contribution >= 0.6 is 0 Å². The summed E-state index contributed by atoms with van der Waals surface area (Å²) in [5.41, 5.74) is 4.65. The van der Waals surface area contributed by atoms with E-state index < -0.39 is 17.7 Å². The zero-order valence-corrected chi connectivity index (χ0v) is 20.5. The highest BCUT2D eigenvalue weighted by molar-refractivity contribution is 5.92. The Balaban J connectivity index is 1.70. The number of pyridine rings is 1. The summed E-state index contributed by atoms with van der Waals surface area (Å²) in [4.78, 5) is 14.8. The smallest absolute Gasteiger partial charge is 0.142 e. The van der Waals surface area contributed by atoms with Crippen LogP contribution in [0.15, 0.2) is 42.6 Å². The largest absolute Gasteiger partial charge is 0.497 e. The van der Waals surface area contributed by atoms with Gasteiger partial charge < -0.3 is 25.0 Å². The maximum absolute atomic E-state index is 14.2. The molecule has 0 radical (unpaired) electrons. The van der Waals surface area contributed by atoms with Gasteiger partial charge in [0.1, 0.15) is 23.2 Å². The van der Waals surface area contributed by atoms with Gasteiger partial charge in [-0.3, -0.25) is 4.98 Å². The fourth-order valence-electron chi connectivity index (χ4n) is 4.99. The van der Waals surface area contributed by atoms with Gasteiger partial charge in [-0.1, -0.05) is 6.92 Å². The van der Waals surface area contributed by atoms with Crippen LogP contribution in [-0.4, -0.2) is 58.9 Å². The van der Waals surface area contributed by atoms with E-state index in [0.717, 1.165) is 34.9 Å². The molecule has 0 bridgehead atoms. The molecule has 1 fully saturated rings. The molecule has 0 spiro atoms. The molecule has 9 heteroatoms. The number of aromatic nitrogens is 3. The van der Waals surface area contributed by atoms with Crippen LogP contribution in [0.2, 0.25) is 0 Å². The molecule has 1 aliphatic heterocycles. The van der Waals surface area contributed by atoms with Crippen molar-refractivity contribution >= 4 is 16.7 Å². The fraction of sp³-hybridized carbons (Fsp3) is 0.333. The summed E-state index contributed by atoms with van der Waals surface area (Å²) in [5, 5.41) is 14.2. The summed E-state index contributed by atoms with van der Waals surface area (Å²) in [5.74, 6) is -0.0507. The van der Waals surface area contributed by atoms with Gasteiger partial charge in [-0.15, -0.1) is 0 Å². The number of fused-ring (bicyclic) bond motifs is 1. The number of rotatable bonds is 6. The first-order valence-electron chi connectivity index (χ1n) is 12.0. The van der Waals surface area contributed by atoms with Crippen molar-refractivity contribution in [2.24, 2.45) is 0 Å². The second-order valence-electron chi connectivity index (χ2n) is 9.07. The number of H-pyrrole nitrogens is 1. The highest BCUT2D eigenvalue weighted by atomic mass is 19.1. The second kappa shape index (κ2) is 9.83. The van der Waals surface area contributed by atoms with Crippen LogP contribution in [0.3, 0.4) is 0 Å². The topological polar surface area (TPSA) is 86.3 Å². The zero-order valence-electron chi connectivity index (χ0n) is 20.5. The second-order valence-corrected chi connectivity index (χ2v) is 9.07. The minimum absolute atomic E-state index is 0.0219. The van der Waals surface area contributed by atoms with Gasteiger partial charge in [0, 0.05) is 43.0 Å². The van der Waals surface area contributed by atoms with Gasteiger partial charge in [0.25, 0.3) is 0 Å². The molecule has 7 nitrogen and oxygen atoms in total. The number of aryl methyl sites for hydroxylation is 1. The minimum Gasteiger partial charge on any atom is -0.497 e. The number of anilines is 1. The van der Waals surface area contributed by atoms with Gasteiger partial charge in [0.2, 0.25) is 0 Å². The van der Waals surface area contributed by atoms with Crippen LogP contribution in [0, 0.1) is 18.6 Å². The lowest BCUT2D eigenvalue weighted by molar-refractivity contribution is 0.115. The van der Waals surface area contributed by atoms with E-state index in [2.05, 4.69) is 20.2 Å². The Hall–Kier alpha value is -3.56. The number of likely N-dealkylation sites (N-methyl/N-ethyl adjacent to an activating group) is 1. The molecule has 1 aliphatic rings. The number of piperidine rings is 1. The first kappa shape index (κ1) is 24.1. The van der Waals surface area contributed by atoms with Crippen molar-refractivity contribution in [2.45, 2.75) is 32.4 Å². The number of aliphatic hydroxyl groups excluding tert-OH is 1. The molecule has 5 rings (SSSR count). The first-order valence-corrected chi connectivity index (χ1v) is 12.0. The predicted molar refractivity (Wildman–Crippen MR) is 136 cm³/mol. The van der Waals surface area contributed by atoms with E-state index in [-0.39, 0.29) is 6.04 Å². The molecule has 4 aromatic rings. The molecule has 188 valence electrons. The third-order valence-corrected chi connectivity index (χ3v) is 6.70. The Morgan fingerprint density at radius 1 is 1.19 bits per heavy atom. The van der Waals surface area contributed by atoms with E-state index in [1.807, 2.05) is 32.0 Å². The highest BCUT2D eigenvalue weighted by Gasteiger charge is 2.31. The summed E-state index contributed by atoms with van der Waals surface area (Å²) >= 11 is 0. The summed E-state index contributed by atoms with van der Waals surface area (Å²) < 4.78 is 33.8. The number of aromatic amines is 1. The Morgan fingerprint density at radius 2 is 1.97 bits per heavy atom. The SMILES string of the molecule is CCN[C@@H]1CCN(c2c(-c3cc(F)cc(F)c3)cnc(C)c2-c2nc3ccc(OC)cc3[nH]2)C[C@@H]1O. The number of nitrogens with zero attached hydrogens (tertiary/aromatic N) is 3. The molecule has 3 N–H and O–H groups in total. The number of benzene rings is 2. The third-order valence-electron chi connectivity index (χ3n) is 6.70. The van der Waals surface area contributed by atoms with Gasteiger partial charge in [-0.25, -0.2) is 13.8 Å². The Morgan fingerprint density at radius 3 is 2.67 bits per heavy atom. The van der Waals surface area contributed by atoms with Crippen molar-refractivity contribution in [2.75, 3.05) is 31.6 Å². The Labute approximate surface area is 208 Å². The van der Waals surface area contributed by atoms with Crippen molar-refractivity contribution < 1.29 is 18.6 Å². The average molecular weight is 494 g/mol. The number of nitrogens with one attached hydrogen (secondary N) is 2. The number of hydrogen-bond acceptors (Lipinski definition) is 6. The highest BCUT2D eigenvalue weighted by Crippen LogP contribution is 2.42. The van der Waals surface area contributed by atoms with Crippen LogP contribution in [0.25, 0.3) is 33.5 Å². The van der Waals surface area contributed by atoms with E-state index in [0.29, 0.717) is 47.9 Å². The van der Waals surface area contributed by atoms with Crippen LogP contribution in [0.5, 0.6) is 5.75 Å². The van der Waals surface area contributed by atoms with E-state index in [1.165, 1.54) is 12.1 Å². The maximum atomic E-state index is 14.2. The Bertz CT molecular complexity index is 1390. The van der Waals surface area contributed by atoms with E-state index in [4.69, 9.17) is 9.72 Å². The standard InChI is InChI=1S/C27H29F2N5O2/c1-4-30-22-7-8-34(14-24(22)35)26-20(16-9-17(28)11-18(29)10-16)13-31-15(2)25(26)27-32-21-6-5-19(36-3)12-23(21)33-27/h5-6,9-13,22,24,30,35H,4,7-8,14H2,1-3H3,(H,32,33)/t22-,24+/m1/s1. The van der Waals surface area contributed by atoms with Gasteiger partial charge in [-0.2, -0.15) is 0 Å². The van der Waals surface area contributed by atoms with Gasteiger partial charge in [-0.05, 0) is 49.7 Å². The molecule has 2 aromatic carbocycles. The van der Waals surface area contributed by atoms with Crippen LogP contribution in [0.4, 0.5) is 14.5 Å². The van der Waals surface area contributed by atoms with Gasteiger partial charge in [0.15, 0.2) is 0 Å². The van der Waals surface area contributed by atoms with E-state index in [9.17, 15) is 13.9 Å². The number of aliphatic hydroxyl groups is 1. The molecular weight excluding hydrogens is 464 g/mol. The van der Waals surface area contributed by atoms with Crippen molar-refractivity contribution in [3.05, 3.63) is 59.9 Å². The fourth-order valence-corrected chi connectivity index (χ4v) is 4.99. The van der Waals surface area contributed by atoms with Crippen molar-refractivity contribution in [1.82, 2.24) is 20.3 Å². The monoisotopic (exact) mass is 493 g/mol. The lowest BCUT2D eigenvalue weighted by Gasteiger charge is -2.39. The third kappa shape index (κ3) is 4.52. The number of hydrogen-bond donors (Lipinski definition) is 3. The minimum atomic E-state index is -0.667. The van der Waals surface area contributed by atoms with Gasteiger partial charge >= 0.3 is 0 Å². The molecule has 0 amide bonds. The maximum Gasteiger partial charge on any atom is 0.142 e. The number of methoxy groups -OCH3 is 1. The number of β-amino-alcohol motifs (C(OH)–C–C–N with tert-alkyl or cyclic N) is 1. The molecule has 1 saturated heterocycles. The van der Waals surface area contributed by atoms with Crippen molar-refractivity contribution in [1.29, 1.82) is 0 Å². The summed E-state index contributed by atoms with van der Waals surface area (Å²) in [6.45, 7) is 5.65. The Kier molecular flexibility index (Phi) is 6.59. The molecule has 2 atom stereocenters. The van der Waals surface area contributed by atoms with Crippen molar-refractivity contribution in [3.8, 4) is 28.3 Å². The quantitative estimate of drug-likeness (QED) is 0.368. The average Bonchev–Trinajstić information content (AvgIpc) is 3.27. The molecule has 0 saturated carbocycles. The molecule has 36 heavy (non-hydrogen) atoms. The number of halogens is 2. The van der Waals surface area contributed by atoms with E-state index >= 15 is 0 Å². The predicted octanol–water partition coefficient (Wildman–Crippen LogP) is 4.44. The molecule has 2 aromatic heterocycles. The van der Waals surface area contributed by atoms with E-state index in [1.54, 1.807) is 13.3 Å². The normalized spacial score (nSPS) is 18.1. The van der Waals surface area contributed by atoms with Crippen LogP contribution in [0.1, 0.15) is 19.0 Å². The van der Waals surface area contributed by atoms with Crippen LogP contribution in [-0.2, 0) is 0 Å². The van der Waals surface area contributed by atoms with Gasteiger partial charge in [0.05, 0.1) is 41.2 Å².